The largest absolute Gasteiger partial charge is 0.487 e. The van der Waals surface area contributed by atoms with Crippen molar-refractivity contribution in [1.29, 1.82) is 0 Å². The van der Waals surface area contributed by atoms with Gasteiger partial charge in [0.2, 0.25) is 5.91 Å². The zero-order valence-corrected chi connectivity index (χ0v) is 23.7. The van der Waals surface area contributed by atoms with Gasteiger partial charge in [-0.05, 0) is 85.5 Å². The first-order valence-corrected chi connectivity index (χ1v) is 13.6. The lowest BCUT2D eigenvalue weighted by Gasteiger charge is -2.11. The first-order chi connectivity index (χ1) is 18.6. The molecule has 0 aliphatic carbocycles. The van der Waals surface area contributed by atoms with Gasteiger partial charge in [-0.1, -0.05) is 18.2 Å². The molecule has 3 aromatic carbocycles. The van der Waals surface area contributed by atoms with Crippen LogP contribution in [0.3, 0.4) is 0 Å². The van der Waals surface area contributed by atoms with Crippen LogP contribution in [0.15, 0.2) is 80.1 Å². The number of nitrogens with one attached hydrogen (secondary N) is 2. The number of hydrazone groups is 1. The first-order valence-electron chi connectivity index (χ1n) is 11.1. The standard InChI is InChI=1S/C26H18Br2F4N4O2S/c27-21-8-16(9-22(28)24(21)38-13-15-4-6-18(29)7-5-15)12-33-36-23(37)11-20-14-39-25(35-20)34-19-3-1-2-17(10-19)26(30,31)32/h1-10,12,14H,11,13H2,(H,34,35)(H,36,37)/b33-12-. The van der Waals surface area contributed by atoms with E-state index in [0.717, 1.165) is 17.7 Å². The monoisotopic (exact) mass is 684 g/mol. The van der Waals surface area contributed by atoms with Gasteiger partial charge in [0.15, 0.2) is 5.13 Å². The molecule has 4 rings (SSSR count). The van der Waals surface area contributed by atoms with Gasteiger partial charge in [0.25, 0.3) is 0 Å². The Bertz CT molecular complexity index is 1470. The molecule has 1 aromatic heterocycles. The van der Waals surface area contributed by atoms with E-state index in [-0.39, 0.29) is 24.5 Å². The minimum atomic E-state index is -4.45. The van der Waals surface area contributed by atoms with Gasteiger partial charge in [0.1, 0.15) is 18.2 Å². The Morgan fingerprint density at radius 2 is 1.79 bits per heavy atom. The Morgan fingerprint density at radius 1 is 1.08 bits per heavy atom. The van der Waals surface area contributed by atoms with Crippen molar-refractivity contribution in [3.05, 3.63) is 103 Å². The minimum absolute atomic E-state index is 0.0678. The van der Waals surface area contributed by atoms with Gasteiger partial charge >= 0.3 is 6.18 Å². The van der Waals surface area contributed by atoms with Crippen LogP contribution in [0.25, 0.3) is 0 Å². The number of benzene rings is 3. The van der Waals surface area contributed by atoms with E-state index >= 15 is 0 Å². The van der Waals surface area contributed by atoms with E-state index < -0.39 is 17.6 Å². The Balaban J connectivity index is 1.29. The number of amides is 1. The lowest BCUT2D eigenvalue weighted by atomic mass is 10.2. The summed E-state index contributed by atoms with van der Waals surface area (Å²) in [5, 5.41) is 8.79. The smallest absolute Gasteiger partial charge is 0.416 e. The number of rotatable bonds is 9. The molecule has 39 heavy (non-hydrogen) atoms. The highest BCUT2D eigenvalue weighted by Crippen LogP contribution is 2.35. The molecule has 0 bridgehead atoms. The van der Waals surface area contributed by atoms with Gasteiger partial charge in [-0.15, -0.1) is 11.3 Å². The Hall–Kier alpha value is -3.29. The highest BCUT2D eigenvalue weighted by atomic mass is 79.9. The zero-order valence-electron chi connectivity index (χ0n) is 19.7. The van der Waals surface area contributed by atoms with Crippen LogP contribution < -0.4 is 15.5 Å². The maximum Gasteiger partial charge on any atom is 0.416 e. The molecule has 202 valence electrons. The molecule has 1 amide bonds. The van der Waals surface area contributed by atoms with Crippen molar-refractivity contribution in [2.45, 2.75) is 19.2 Å². The van der Waals surface area contributed by atoms with Gasteiger partial charge in [-0.2, -0.15) is 18.3 Å². The second kappa shape index (κ2) is 12.7. The van der Waals surface area contributed by atoms with E-state index in [4.69, 9.17) is 4.74 Å². The fourth-order valence-corrected chi connectivity index (χ4v) is 5.43. The van der Waals surface area contributed by atoms with Gasteiger partial charge in [0, 0.05) is 11.1 Å². The van der Waals surface area contributed by atoms with Crippen molar-refractivity contribution < 1.29 is 27.1 Å². The van der Waals surface area contributed by atoms with Crippen LogP contribution in [0, 0.1) is 5.82 Å². The van der Waals surface area contributed by atoms with Gasteiger partial charge in [-0.25, -0.2) is 14.8 Å². The molecule has 0 atom stereocenters. The van der Waals surface area contributed by atoms with E-state index in [9.17, 15) is 22.4 Å². The summed E-state index contributed by atoms with van der Waals surface area (Å²) in [4.78, 5) is 16.5. The van der Waals surface area contributed by atoms with Crippen molar-refractivity contribution in [2.24, 2.45) is 5.10 Å². The maximum atomic E-state index is 13.1. The Kier molecular flexibility index (Phi) is 9.36. The van der Waals surface area contributed by atoms with Gasteiger partial charge < -0.3 is 10.1 Å². The van der Waals surface area contributed by atoms with E-state index in [2.05, 4.69) is 52.7 Å². The minimum Gasteiger partial charge on any atom is -0.487 e. The predicted molar refractivity (Wildman–Crippen MR) is 149 cm³/mol. The summed E-state index contributed by atoms with van der Waals surface area (Å²) in [6.07, 6.45) is -3.06. The molecule has 0 saturated carbocycles. The van der Waals surface area contributed by atoms with Crippen molar-refractivity contribution >= 4 is 66.1 Å². The molecule has 0 fully saturated rings. The normalized spacial score (nSPS) is 11.5. The molecule has 0 aliphatic heterocycles. The molecule has 0 aliphatic rings. The maximum absolute atomic E-state index is 13.1. The van der Waals surface area contributed by atoms with Crippen LogP contribution in [0.4, 0.5) is 28.4 Å². The van der Waals surface area contributed by atoms with Crippen molar-refractivity contribution in [3.8, 4) is 5.75 Å². The second-order valence-corrected chi connectivity index (χ2v) is 10.6. The second-order valence-electron chi connectivity index (χ2n) is 8.05. The quantitative estimate of drug-likeness (QED) is 0.107. The molecular weight excluding hydrogens is 668 g/mol. The highest BCUT2D eigenvalue weighted by Gasteiger charge is 2.30. The number of alkyl halides is 3. The number of thiazole rings is 1. The molecule has 0 radical (unpaired) electrons. The van der Waals surface area contributed by atoms with Crippen LogP contribution in [-0.4, -0.2) is 17.1 Å². The lowest BCUT2D eigenvalue weighted by Crippen LogP contribution is -2.19. The molecule has 0 unspecified atom stereocenters. The van der Waals surface area contributed by atoms with Crippen molar-refractivity contribution in [2.75, 3.05) is 5.32 Å². The highest BCUT2D eigenvalue weighted by molar-refractivity contribution is 9.11. The summed E-state index contributed by atoms with van der Waals surface area (Å²) >= 11 is 8.08. The molecular formula is C26H18Br2F4N4O2S. The van der Waals surface area contributed by atoms with Gasteiger partial charge in [-0.3, -0.25) is 4.79 Å². The number of ether oxygens (including phenoxy) is 1. The number of anilines is 2. The lowest BCUT2D eigenvalue weighted by molar-refractivity contribution is -0.137. The predicted octanol–water partition coefficient (Wildman–Crippen LogP) is 7.84. The van der Waals surface area contributed by atoms with Crippen LogP contribution in [-0.2, 0) is 24.0 Å². The number of carbonyl (C=O) groups is 1. The zero-order chi connectivity index (χ0) is 28.0. The number of halogens is 6. The SMILES string of the molecule is O=C(Cc1csc(Nc2cccc(C(F)(F)F)c2)n1)N/N=C\c1cc(Br)c(OCc2ccc(F)cc2)c(Br)c1. The summed E-state index contributed by atoms with van der Waals surface area (Å²) in [6.45, 7) is 0.245. The Morgan fingerprint density at radius 3 is 2.49 bits per heavy atom. The summed E-state index contributed by atoms with van der Waals surface area (Å²) in [6, 6.07) is 14.3. The third kappa shape index (κ3) is 8.35. The van der Waals surface area contributed by atoms with Gasteiger partial charge in [0.05, 0.1) is 32.8 Å². The van der Waals surface area contributed by atoms with Crippen molar-refractivity contribution in [1.82, 2.24) is 10.4 Å². The number of carbonyl (C=O) groups excluding carboxylic acids is 1. The van der Waals surface area contributed by atoms with Crippen LogP contribution in [0.2, 0.25) is 0 Å². The summed E-state index contributed by atoms with van der Waals surface area (Å²) in [5.74, 6) is -0.183. The molecule has 0 spiro atoms. The van der Waals surface area contributed by atoms with Crippen LogP contribution in [0.1, 0.15) is 22.4 Å². The average molecular weight is 686 g/mol. The number of aromatic nitrogens is 1. The van der Waals surface area contributed by atoms with E-state index in [1.807, 2.05) is 0 Å². The number of hydrogen-bond donors (Lipinski definition) is 2. The summed E-state index contributed by atoms with van der Waals surface area (Å²) in [5.41, 5.74) is 3.81. The first kappa shape index (κ1) is 28.7. The molecule has 1 heterocycles. The third-order valence-corrected chi connectivity index (χ3v) is 7.04. The molecule has 6 nitrogen and oxygen atoms in total. The molecule has 13 heteroatoms. The fourth-order valence-electron chi connectivity index (χ4n) is 3.25. The molecule has 2 N–H and O–H groups in total. The third-order valence-electron chi connectivity index (χ3n) is 5.05. The molecule has 4 aromatic rings. The number of hydrogen-bond acceptors (Lipinski definition) is 6. The van der Waals surface area contributed by atoms with Crippen LogP contribution in [0.5, 0.6) is 5.75 Å². The summed E-state index contributed by atoms with van der Waals surface area (Å²) < 4.78 is 58.9. The Labute approximate surface area is 241 Å². The van der Waals surface area contributed by atoms with Crippen LogP contribution >= 0.6 is 43.2 Å². The van der Waals surface area contributed by atoms with E-state index in [1.165, 1.54) is 41.8 Å². The van der Waals surface area contributed by atoms with E-state index in [1.54, 1.807) is 29.6 Å². The van der Waals surface area contributed by atoms with E-state index in [0.29, 0.717) is 31.1 Å². The fraction of sp³-hybridized carbons (Fsp3) is 0.115. The summed E-state index contributed by atoms with van der Waals surface area (Å²) in [7, 11) is 0. The topological polar surface area (TPSA) is 75.6 Å². The number of nitrogens with zero attached hydrogens (tertiary/aromatic N) is 2. The average Bonchev–Trinajstić information content (AvgIpc) is 3.30. The molecule has 0 saturated heterocycles. The van der Waals surface area contributed by atoms with Crippen molar-refractivity contribution in [3.63, 3.8) is 0 Å².